The summed E-state index contributed by atoms with van der Waals surface area (Å²) in [4.78, 5) is 39.0. The first-order valence-electron chi connectivity index (χ1n) is 16.1. The fourth-order valence-electron chi connectivity index (χ4n) is 5.75. The molecule has 0 aliphatic heterocycles. The van der Waals surface area contributed by atoms with Crippen LogP contribution in [0, 0.1) is 0 Å². The number of hydrogen-bond acceptors (Lipinski definition) is 3. The van der Waals surface area contributed by atoms with E-state index in [1.165, 1.54) is 96.3 Å². The minimum absolute atomic E-state index is 0.0515. The first kappa shape index (κ1) is 36.4. The Bertz CT molecular complexity index is 644. The molecule has 3 rings (SSSR count). The quantitative estimate of drug-likeness (QED) is 0.301. The minimum Gasteiger partial charge on any atom is -0.335 e. The maximum Gasteiger partial charge on any atom is 0.317 e. The normalized spacial score (nSPS) is 19.4. The van der Waals surface area contributed by atoms with Crippen molar-refractivity contribution in [3.05, 3.63) is 0 Å². The first-order chi connectivity index (χ1) is 19.1. The number of amides is 5. The topological polar surface area (TPSA) is 85.0 Å². The zero-order valence-corrected chi connectivity index (χ0v) is 27.3. The Hall–Kier alpha value is -1.64. The second-order valence-corrected chi connectivity index (χ2v) is 12.5. The van der Waals surface area contributed by atoms with E-state index in [-0.39, 0.29) is 17.3 Å². The van der Waals surface area contributed by atoms with Crippen LogP contribution < -0.4 is 10.6 Å². The number of rotatable bonds is 4. The number of thiol groups is 1. The van der Waals surface area contributed by atoms with Crippen molar-refractivity contribution in [3.63, 3.8) is 0 Å². The highest BCUT2D eigenvalue weighted by Crippen LogP contribution is 2.23. The fourth-order valence-corrected chi connectivity index (χ4v) is 6.06. The van der Waals surface area contributed by atoms with Gasteiger partial charge in [-0.15, -0.1) is 0 Å². The summed E-state index contributed by atoms with van der Waals surface area (Å²) in [6, 6.07) is 1.38. The number of carbonyl (C=O) groups excluding carboxylic acids is 3. The number of urea groups is 2. The van der Waals surface area contributed by atoms with E-state index in [0.717, 1.165) is 32.2 Å². The second kappa shape index (κ2) is 22.0. The van der Waals surface area contributed by atoms with Gasteiger partial charge in [-0.25, -0.2) is 9.59 Å². The Labute approximate surface area is 251 Å². The van der Waals surface area contributed by atoms with Crippen LogP contribution in [0.4, 0.5) is 14.4 Å². The van der Waals surface area contributed by atoms with Crippen molar-refractivity contribution in [3.8, 4) is 0 Å². The molecule has 0 bridgehead atoms. The van der Waals surface area contributed by atoms with Gasteiger partial charge >= 0.3 is 12.1 Å². The summed E-state index contributed by atoms with van der Waals surface area (Å²) in [5, 5.41) is 6.08. The van der Waals surface area contributed by atoms with Crippen LogP contribution in [0.5, 0.6) is 0 Å². The monoisotopic (exact) mass is 583 g/mol. The summed E-state index contributed by atoms with van der Waals surface area (Å²) in [6.45, 7) is 2.82. The molecule has 0 radical (unpaired) electrons. The van der Waals surface area contributed by atoms with E-state index in [1.807, 2.05) is 11.8 Å². The van der Waals surface area contributed by atoms with Gasteiger partial charge in [-0.05, 0) is 45.4 Å². The third kappa shape index (κ3) is 16.6. The largest absolute Gasteiger partial charge is 0.335 e. The number of nitrogens with one attached hydrogen (secondary N) is 2. The Balaban J connectivity index is 0.000000301. The molecule has 0 saturated heterocycles. The molecule has 3 fully saturated rings. The second-order valence-electron chi connectivity index (χ2n) is 12.1. The molecule has 3 aliphatic rings. The van der Waals surface area contributed by atoms with Crippen LogP contribution >= 0.6 is 12.6 Å². The molecule has 0 aromatic heterocycles. The maximum absolute atomic E-state index is 11.4. The number of nitrogens with zero attached hydrogens (tertiary/aromatic N) is 3. The molecule has 3 saturated carbocycles. The van der Waals surface area contributed by atoms with Gasteiger partial charge in [0.1, 0.15) is 0 Å². The van der Waals surface area contributed by atoms with Gasteiger partial charge in [-0.2, -0.15) is 0 Å². The lowest BCUT2D eigenvalue weighted by Crippen LogP contribution is -2.41. The van der Waals surface area contributed by atoms with E-state index in [0.29, 0.717) is 18.1 Å². The lowest BCUT2D eigenvalue weighted by atomic mass is 9.94. The van der Waals surface area contributed by atoms with Gasteiger partial charge in [0.05, 0.1) is 0 Å². The van der Waals surface area contributed by atoms with Gasteiger partial charge in [0.25, 0.3) is 5.24 Å². The van der Waals surface area contributed by atoms with E-state index in [4.69, 9.17) is 0 Å². The predicted molar refractivity (Wildman–Crippen MR) is 170 cm³/mol. The Morgan fingerprint density at radius 3 is 1.18 bits per heavy atom. The molecule has 0 atom stereocenters. The predicted octanol–water partition coefficient (Wildman–Crippen LogP) is 7.43. The highest BCUT2D eigenvalue weighted by atomic mass is 32.1. The average Bonchev–Trinajstić information content (AvgIpc) is 2.88. The molecule has 0 unspecified atom stereocenters. The summed E-state index contributed by atoms with van der Waals surface area (Å²) in [6.07, 6.45) is 23.9. The van der Waals surface area contributed by atoms with E-state index < -0.39 is 0 Å². The van der Waals surface area contributed by atoms with Crippen LogP contribution in [0.15, 0.2) is 0 Å². The van der Waals surface area contributed by atoms with Gasteiger partial charge in [0, 0.05) is 52.9 Å². The minimum atomic E-state index is -0.0654. The van der Waals surface area contributed by atoms with Crippen molar-refractivity contribution in [1.29, 1.82) is 0 Å². The van der Waals surface area contributed by atoms with Crippen LogP contribution in [0.2, 0.25) is 0 Å². The summed E-state index contributed by atoms with van der Waals surface area (Å²) >= 11 is 3.87. The van der Waals surface area contributed by atoms with Crippen molar-refractivity contribution in [2.45, 2.75) is 147 Å². The summed E-state index contributed by atoms with van der Waals surface area (Å²) in [5.74, 6) is 0. The van der Waals surface area contributed by atoms with E-state index in [1.54, 1.807) is 38.0 Å². The van der Waals surface area contributed by atoms with Crippen LogP contribution in [-0.4, -0.2) is 84.9 Å². The Morgan fingerprint density at radius 1 is 0.575 bits per heavy atom. The van der Waals surface area contributed by atoms with Crippen molar-refractivity contribution >= 4 is 29.9 Å². The van der Waals surface area contributed by atoms with Crippen molar-refractivity contribution in [2.24, 2.45) is 0 Å². The zero-order valence-electron chi connectivity index (χ0n) is 26.4. The smallest absolute Gasteiger partial charge is 0.317 e. The van der Waals surface area contributed by atoms with Crippen molar-refractivity contribution in [1.82, 2.24) is 25.3 Å². The molecule has 40 heavy (non-hydrogen) atoms. The third-order valence-corrected chi connectivity index (χ3v) is 8.54. The Kier molecular flexibility index (Phi) is 20.0. The van der Waals surface area contributed by atoms with Crippen LogP contribution in [-0.2, 0) is 0 Å². The molecular weight excluding hydrogens is 522 g/mol. The van der Waals surface area contributed by atoms with Gasteiger partial charge < -0.3 is 25.3 Å². The highest BCUT2D eigenvalue weighted by molar-refractivity contribution is 7.96. The SMILES string of the molecule is CCN(C(=O)S)C1CCCCC1.CN(C)C(=O)NC1CCCCCCC1.CN(C)C(=O)NC1CCCCCCC1. The first-order valence-corrected chi connectivity index (χ1v) is 16.6. The maximum atomic E-state index is 11.4. The van der Waals surface area contributed by atoms with Gasteiger partial charge in [-0.3, -0.25) is 4.79 Å². The summed E-state index contributed by atoms with van der Waals surface area (Å²) < 4.78 is 0. The lowest BCUT2D eigenvalue weighted by Gasteiger charge is -2.32. The molecule has 5 amide bonds. The molecular formula is C31H61N5O3S. The average molecular weight is 584 g/mol. The van der Waals surface area contributed by atoms with E-state index in [2.05, 4.69) is 23.3 Å². The molecule has 0 spiro atoms. The van der Waals surface area contributed by atoms with Crippen LogP contribution in [0.25, 0.3) is 0 Å². The van der Waals surface area contributed by atoms with E-state index >= 15 is 0 Å². The van der Waals surface area contributed by atoms with Gasteiger partial charge in [0.2, 0.25) is 0 Å². The third-order valence-electron chi connectivity index (χ3n) is 8.28. The molecule has 8 nitrogen and oxygen atoms in total. The summed E-state index contributed by atoms with van der Waals surface area (Å²) in [5.41, 5.74) is 0. The zero-order chi connectivity index (χ0) is 29.8. The molecule has 0 aromatic carbocycles. The van der Waals surface area contributed by atoms with Crippen molar-refractivity contribution in [2.75, 3.05) is 34.7 Å². The van der Waals surface area contributed by atoms with E-state index in [9.17, 15) is 14.4 Å². The number of hydrogen-bond donors (Lipinski definition) is 3. The molecule has 3 aliphatic carbocycles. The van der Waals surface area contributed by atoms with Gasteiger partial charge in [-0.1, -0.05) is 96.1 Å². The molecule has 9 heteroatoms. The standard InChI is InChI=1S/2C11H22N2O.C9H17NOS/c2*1-13(2)11(14)12-10-8-6-4-3-5-7-9-10;1-2-10(9(11)12)8-6-4-3-5-7-8/h2*10H,3-9H2,1-2H3,(H,12,14);8H,2-7H2,1H3,(H,11,12). The fraction of sp³-hybridized carbons (Fsp3) is 0.903. The molecule has 0 heterocycles. The number of carbonyl (C=O) groups is 3. The highest BCUT2D eigenvalue weighted by Gasteiger charge is 2.21. The van der Waals surface area contributed by atoms with Crippen molar-refractivity contribution < 1.29 is 14.4 Å². The van der Waals surface area contributed by atoms with Gasteiger partial charge in [0.15, 0.2) is 0 Å². The molecule has 234 valence electrons. The van der Waals surface area contributed by atoms with Crippen LogP contribution in [0.3, 0.4) is 0 Å². The molecule has 0 aromatic rings. The van der Waals surface area contributed by atoms with Crippen LogP contribution in [0.1, 0.15) is 129 Å². The Morgan fingerprint density at radius 2 is 0.875 bits per heavy atom. The lowest BCUT2D eigenvalue weighted by molar-refractivity contribution is 0.182. The molecule has 2 N–H and O–H groups in total. The summed E-state index contributed by atoms with van der Waals surface area (Å²) in [7, 11) is 7.16.